The lowest BCUT2D eigenvalue weighted by Gasteiger charge is -2.13. The lowest BCUT2D eigenvalue weighted by molar-refractivity contribution is 0.282. The number of aliphatic hydroxyl groups is 1. The van der Waals surface area contributed by atoms with Crippen molar-refractivity contribution in [3.8, 4) is 0 Å². The molecular formula is C14H16N2O. The van der Waals surface area contributed by atoms with Crippen LogP contribution in [-0.2, 0) is 13.2 Å². The van der Waals surface area contributed by atoms with Gasteiger partial charge in [-0.05, 0) is 17.7 Å². The van der Waals surface area contributed by atoms with E-state index in [9.17, 15) is 5.11 Å². The molecule has 0 aliphatic rings. The molecule has 2 aromatic carbocycles. The van der Waals surface area contributed by atoms with Crippen LogP contribution in [0.15, 0.2) is 48.5 Å². The van der Waals surface area contributed by atoms with Crippen molar-refractivity contribution in [3.63, 3.8) is 0 Å². The number of nitrogens with one attached hydrogen (secondary N) is 1. The van der Waals surface area contributed by atoms with Gasteiger partial charge in [-0.15, -0.1) is 0 Å². The number of para-hydroxylation sites is 2. The molecule has 3 heteroatoms. The smallest absolute Gasteiger partial charge is 0.0702 e. The minimum Gasteiger partial charge on any atom is -0.392 e. The van der Waals surface area contributed by atoms with Crippen molar-refractivity contribution in [2.75, 3.05) is 5.32 Å². The van der Waals surface area contributed by atoms with Crippen molar-refractivity contribution >= 4 is 11.4 Å². The van der Waals surface area contributed by atoms with Gasteiger partial charge in [-0.2, -0.15) is 0 Å². The Kier molecular flexibility index (Phi) is 3.75. The minimum atomic E-state index is 0.0218. The van der Waals surface area contributed by atoms with Crippen LogP contribution in [0.5, 0.6) is 0 Å². The van der Waals surface area contributed by atoms with Crippen LogP contribution in [0.25, 0.3) is 0 Å². The third kappa shape index (κ3) is 2.64. The molecule has 0 saturated heterocycles. The maximum absolute atomic E-state index is 9.26. The highest BCUT2D eigenvalue weighted by Crippen LogP contribution is 2.23. The average molecular weight is 228 g/mol. The molecule has 4 N–H and O–H groups in total. The quantitative estimate of drug-likeness (QED) is 0.753. The Labute approximate surface area is 101 Å². The van der Waals surface area contributed by atoms with Gasteiger partial charge in [0.05, 0.1) is 6.61 Å². The summed E-state index contributed by atoms with van der Waals surface area (Å²) in [7, 11) is 0. The fraction of sp³-hybridized carbons (Fsp3) is 0.143. The molecular weight excluding hydrogens is 212 g/mol. The topological polar surface area (TPSA) is 58.3 Å². The molecule has 88 valence electrons. The van der Waals surface area contributed by atoms with Crippen molar-refractivity contribution in [1.82, 2.24) is 0 Å². The first-order valence-corrected chi connectivity index (χ1v) is 5.59. The Balaban J connectivity index is 2.31. The molecule has 0 aliphatic heterocycles. The zero-order valence-corrected chi connectivity index (χ0v) is 9.56. The highest BCUT2D eigenvalue weighted by Gasteiger charge is 2.03. The van der Waals surface area contributed by atoms with Gasteiger partial charge in [0.2, 0.25) is 0 Å². The maximum Gasteiger partial charge on any atom is 0.0702 e. The van der Waals surface area contributed by atoms with Gasteiger partial charge in [-0.25, -0.2) is 0 Å². The first kappa shape index (κ1) is 11.6. The SMILES string of the molecule is NCc1ccccc1Nc1ccccc1CO. The van der Waals surface area contributed by atoms with Crippen LogP contribution in [-0.4, -0.2) is 5.11 Å². The average Bonchev–Trinajstić information content (AvgIpc) is 2.40. The van der Waals surface area contributed by atoms with Gasteiger partial charge in [0, 0.05) is 23.5 Å². The highest BCUT2D eigenvalue weighted by molar-refractivity contribution is 5.65. The standard InChI is InChI=1S/C14H16N2O/c15-9-11-5-1-3-7-13(11)16-14-8-4-2-6-12(14)10-17/h1-8,16-17H,9-10,15H2. The summed E-state index contributed by atoms with van der Waals surface area (Å²) in [5.74, 6) is 0. The number of rotatable bonds is 4. The molecule has 0 aromatic heterocycles. The first-order valence-electron chi connectivity index (χ1n) is 5.59. The van der Waals surface area contributed by atoms with Crippen LogP contribution in [0.1, 0.15) is 11.1 Å². The molecule has 0 spiro atoms. The zero-order chi connectivity index (χ0) is 12.1. The number of hydrogen-bond donors (Lipinski definition) is 3. The molecule has 0 saturated carbocycles. The van der Waals surface area contributed by atoms with E-state index in [1.165, 1.54) is 0 Å². The van der Waals surface area contributed by atoms with E-state index in [0.717, 1.165) is 22.5 Å². The summed E-state index contributed by atoms with van der Waals surface area (Å²) in [6.07, 6.45) is 0. The summed E-state index contributed by atoms with van der Waals surface area (Å²) >= 11 is 0. The molecule has 0 radical (unpaired) electrons. The van der Waals surface area contributed by atoms with Crippen molar-refractivity contribution in [2.45, 2.75) is 13.2 Å². The second-order valence-electron chi connectivity index (χ2n) is 3.80. The third-order valence-corrected chi connectivity index (χ3v) is 2.69. The lowest BCUT2D eigenvalue weighted by Crippen LogP contribution is -2.03. The second-order valence-corrected chi connectivity index (χ2v) is 3.80. The Morgan fingerprint density at radius 3 is 2.00 bits per heavy atom. The van der Waals surface area contributed by atoms with Gasteiger partial charge < -0.3 is 16.2 Å². The zero-order valence-electron chi connectivity index (χ0n) is 9.56. The van der Waals surface area contributed by atoms with Gasteiger partial charge in [-0.3, -0.25) is 0 Å². The van der Waals surface area contributed by atoms with Crippen LogP contribution in [0, 0.1) is 0 Å². The Morgan fingerprint density at radius 1 is 0.882 bits per heavy atom. The summed E-state index contributed by atoms with van der Waals surface area (Å²) in [4.78, 5) is 0. The van der Waals surface area contributed by atoms with Gasteiger partial charge in [0.25, 0.3) is 0 Å². The molecule has 0 unspecified atom stereocenters. The van der Waals surface area contributed by atoms with Gasteiger partial charge in [0.1, 0.15) is 0 Å². The van der Waals surface area contributed by atoms with Crippen LogP contribution in [0.2, 0.25) is 0 Å². The monoisotopic (exact) mass is 228 g/mol. The normalized spacial score (nSPS) is 10.2. The van der Waals surface area contributed by atoms with E-state index in [2.05, 4.69) is 5.32 Å². The van der Waals surface area contributed by atoms with Crippen LogP contribution in [0.3, 0.4) is 0 Å². The number of benzene rings is 2. The maximum atomic E-state index is 9.26. The summed E-state index contributed by atoms with van der Waals surface area (Å²) in [6.45, 7) is 0.512. The van der Waals surface area contributed by atoms with E-state index in [1.807, 2.05) is 48.5 Å². The number of aliphatic hydroxyl groups excluding tert-OH is 1. The third-order valence-electron chi connectivity index (χ3n) is 2.69. The second kappa shape index (κ2) is 5.48. The van der Waals surface area contributed by atoms with E-state index in [0.29, 0.717) is 6.54 Å². The van der Waals surface area contributed by atoms with Crippen LogP contribution >= 0.6 is 0 Å². The van der Waals surface area contributed by atoms with Crippen molar-refractivity contribution in [1.29, 1.82) is 0 Å². The van der Waals surface area contributed by atoms with E-state index in [-0.39, 0.29) is 6.61 Å². The molecule has 0 atom stereocenters. The Bertz CT molecular complexity index is 452. The van der Waals surface area contributed by atoms with Crippen molar-refractivity contribution < 1.29 is 5.11 Å². The molecule has 2 rings (SSSR count). The molecule has 2 aromatic rings. The molecule has 0 aliphatic carbocycles. The van der Waals surface area contributed by atoms with Gasteiger partial charge in [0.15, 0.2) is 0 Å². The van der Waals surface area contributed by atoms with Crippen LogP contribution < -0.4 is 11.1 Å². The predicted octanol–water partition coefficient (Wildman–Crippen LogP) is 2.38. The first-order chi connectivity index (χ1) is 8.35. The Hall–Kier alpha value is -1.84. The summed E-state index contributed by atoms with van der Waals surface area (Å²) in [5.41, 5.74) is 9.51. The molecule has 0 bridgehead atoms. The largest absolute Gasteiger partial charge is 0.392 e. The Morgan fingerprint density at radius 2 is 1.41 bits per heavy atom. The van der Waals surface area contributed by atoms with E-state index >= 15 is 0 Å². The molecule has 0 fully saturated rings. The lowest BCUT2D eigenvalue weighted by atomic mass is 10.1. The number of nitrogens with two attached hydrogens (primary N) is 1. The highest BCUT2D eigenvalue weighted by atomic mass is 16.3. The molecule has 17 heavy (non-hydrogen) atoms. The van der Waals surface area contributed by atoms with Crippen molar-refractivity contribution in [3.05, 3.63) is 59.7 Å². The van der Waals surface area contributed by atoms with Crippen molar-refractivity contribution in [2.24, 2.45) is 5.73 Å². The molecule has 3 nitrogen and oxygen atoms in total. The molecule has 0 heterocycles. The number of hydrogen-bond acceptors (Lipinski definition) is 3. The minimum absolute atomic E-state index is 0.0218. The van der Waals surface area contributed by atoms with Gasteiger partial charge >= 0.3 is 0 Å². The summed E-state index contributed by atoms with van der Waals surface area (Å²) in [5, 5.41) is 12.6. The van der Waals surface area contributed by atoms with E-state index in [1.54, 1.807) is 0 Å². The van der Waals surface area contributed by atoms with E-state index in [4.69, 9.17) is 5.73 Å². The van der Waals surface area contributed by atoms with Gasteiger partial charge in [-0.1, -0.05) is 36.4 Å². The summed E-state index contributed by atoms with van der Waals surface area (Å²) < 4.78 is 0. The van der Waals surface area contributed by atoms with E-state index < -0.39 is 0 Å². The summed E-state index contributed by atoms with van der Waals surface area (Å²) in [6, 6.07) is 15.6. The number of anilines is 2. The fourth-order valence-corrected chi connectivity index (χ4v) is 1.75. The van der Waals surface area contributed by atoms with Crippen LogP contribution in [0.4, 0.5) is 11.4 Å². The molecule has 0 amide bonds. The fourth-order valence-electron chi connectivity index (χ4n) is 1.75. The predicted molar refractivity (Wildman–Crippen MR) is 70.0 cm³/mol.